The highest BCUT2D eigenvalue weighted by atomic mass is 16.5. The average Bonchev–Trinajstić information content (AvgIpc) is 3.47. The number of nitrogens with one attached hydrogen (secondary N) is 2. The number of aliphatic hydroxyl groups is 1. The van der Waals surface area contributed by atoms with Gasteiger partial charge in [0.05, 0.1) is 18.3 Å². The Morgan fingerprint density at radius 1 is 1.34 bits per heavy atom. The molecule has 3 heterocycles. The van der Waals surface area contributed by atoms with E-state index in [1.54, 1.807) is 12.3 Å². The van der Waals surface area contributed by atoms with Gasteiger partial charge in [-0.05, 0) is 56.7 Å². The molecule has 2 unspecified atom stereocenters. The van der Waals surface area contributed by atoms with Crippen LogP contribution < -0.4 is 11.1 Å². The van der Waals surface area contributed by atoms with Gasteiger partial charge in [-0.2, -0.15) is 0 Å². The summed E-state index contributed by atoms with van der Waals surface area (Å²) in [5.74, 6) is 0.691. The molecule has 1 saturated carbocycles. The van der Waals surface area contributed by atoms with Crippen LogP contribution in [0.2, 0.25) is 0 Å². The van der Waals surface area contributed by atoms with Gasteiger partial charge in [-0.15, -0.1) is 0 Å². The van der Waals surface area contributed by atoms with Crippen LogP contribution in [0.4, 0.5) is 5.82 Å². The third-order valence-corrected chi connectivity index (χ3v) is 7.62. The summed E-state index contributed by atoms with van der Waals surface area (Å²) >= 11 is 0. The molecule has 0 radical (unpaired) electrons. The van der Waals surface area contributed by atoms with Crippen molar-refractivity contribution in [1.82, 2.24) is 20.2 Å². The van der Waals surface area contributed by atoms with Crippen LogP contribution in [-0.4, -0.2) is 63.8 Å². The van der Waals surface area contributed by atoms with Gasteiger partial charge in [0.2, 0.25) is 0 Å². The summed E-state index contributed by atoms with van der Waals surface area (Å²) in [5, 5.41) is 15.4. The summed E-state index contributed by atoms with van der Waals surface area (Å²) < 4.78 is 6.04. The minimum Gasteiger partial charge on any atom is -0.390 e. The molecule has 8 heteroatoms. The zero-order chi connectivity index (χ0) is 24.4. The van der Waals surface area contributed by atoms with E-state index in [9.17, 15) is 9.90 Å². The molecule has 1 saturated heterocycles. The minimum absolute atomic E-state index is 0.0369. The number of hydrogen-bond acceptors (Lipinski definition) is 6. The van der Waals surface area contributed by atoms with Crippen LogP contribution in [0.5, 0.6) is 0 Å². The summed E-state index contributed by atoms with van der Waals surface area (Å²) in [6.45, 7) is 4.98. The van der Waals surface area contributed by atoms with Crippen LogP contribution in [0.3, 0.4) is 0 Å². The number of morpholine rings is 1. The first kappa shape index (κ1) is 23.8. The topological polar surface area (TPSA) is 116 Å². The maximum Gasteiger partial charge on any atom is 0.267 e. The fraction of sp³-hybridized carbons (Fsp3) is 0.481. The van der Waals surface area contributed by atoms with Crippen LogP contribution in [0, 0.1) is 5.92 Å². The Morgan fingerprint density at radius 3 is 3.00 bits per heavy atom. The number of ether oxygens (including phenoxy) is 1. The number of nitrogen functional groups attached to an aromatic ring is 1. The Balaban J connectivity index is 1.11. The van der Waals surface area contributed by atoms with Crippen molar-refractivity contribution in [3.8, 4) is 0 Å². The van der Waals surface area contributed by atoms with E-state index in [4.69, 9.17) is 10.5 Å². The number of nitrogens with zero attached hydrogens (tertiary/aromatic N) is 2. The molecule has 3 aromatic rings. The third-order valence-electron chi connectivity index (χ3n) is 7.62. The summed E-state index contributed by atoms with van der Waals surface area (Å²) in [5.41, 5.74) is 7.59. The number of carbonyl (C=O) groups excluding carboxylic acids is 1. The van der Waals surface area contributed by atoms with Crippen LogP contribution in [0.25, 0.3) is 10.9 Å². The monoisotopic (exact) mass is 477 g/mol. The smallest absolute Gasteiger partial charge is 0.267 e. The van der Waals surface area contributed by atoms with E-state index in [1.165, 1.54) is 0 Å². The maximum absolute atomic E-state index is 12.6. The lowest BCUT2D eigenvalue weighted by Gasteiger charge is -2.39. The average molecular weight is 478 g/mol. The Morgan fingerprint density at radius 2 is 2.20 bits per heavy atom. The van der Waals surface area contributed by atoms with Crippen molar-refractivity contribution in [2.45, 2.75) is 50.4 Å². The highest BCUT2D eigenvalue weighted by Gasteiger charge is 2.38. The highest BCUT2D eigenvalue weighted by Crippen LogP contribution is 2.37. The number of para-hydroxylation sites is 1. The van der Waals surface area contributed by atoms with Crippen molar-refractivity contribution in [2.24, 2.45) is 5.92 Å². The number of pyridine rings is 1. The van der Waals surface area contributed by atoms with Gasteiger partial charge in [-0.3, -0.25) is 9.69 Å². The number of fused-ring (bicyclic) bond motifs is 1. The quantitative estimate of drug-likeness (QED) is 0.415. The van der Waals surface area contributed by atoms with Gasteiger partial charge < -0.3 is 25.9 Å². The zero-order valence-corrected chi connectivity index (χ0v) is 20.2. The van der Waals surface area contributed by atoms with E-state index < -0.39 is 5.60 Å². The van der Waals surface area contributed by atoms with Crippen LogP contribution in [-0.2, 0) is 4.74 Å². The molecule has 1 aliphatic carbocycles. The van der Waals surface area contributed by atoms with Crippen molar-refractivity contribution >= 4 is 22.6 Å². The predicted molar refractivity (Wildman–Crippen MR) is 136 cm³/mol. The van der Waals surface area contributed by atoms with E-state index in [2.05, 4.69) is 27.1 Å². The number of H-pyrrole nitrogens is 1. The fourth-order valence-electron chi connectivity index (χ4n) is 5.42. The molecule has 2 fully saturated rings. The molecule has 0 spiro atoms. The molecule has 1 amide bonds. The van der Waals surface area contributed by atoms with E-state index in [1.807, 2.05) is 36.4 Å². The number of anilines is 1. The summed E-state index contributed by atoms with van der Waals surface area (Å²) in [6, 6.07) is 13.8. The first-order chi connectivity index (χ1) is 16.9. The second-order valence-corrected chi connectivity index (χ2v) is 10.2. The molecular weight excluding hydrogens is 442 g/mol. The van der Waals surface area contributed by atoms with E-state index >= 15 is 0 Å². The molecule has 8 nitrogen and oxygen atoms in total. The second-order valence-electron chi connectivity index (χ2n) is 10.2. The first-order valence-corrected chi connectivity index (χ1v) is 12.5. The van der Waals surface area contributed by atoms with Gasteiger partial charge in [-0.1, -0.05) is 24.3 Å². The van der Waals surface area contributed by atoms with Gasteiger partial charge in [0.15, 0.2) is 0 Å². The predicted octanol–water partition coefficient (Wildman–Crippen LogP) is 3.26. The van der Waals surface area contributed by atoms with Crippen molar-refractivity contribution < 1.29 is 14.6 Å². The minimum atomic E-state index is -0.688. The zero-order valence-electron chi connectivity index (χ0n) is 20.2. The number of rotatable bonds is 7. The summed E-state index contributed by atoms with van der Waals surface area (Å²) in [4.78, 5) is 22.4. The lowest BCUT2D eigenvalue weighted by molar-refractivity contribution is -0.0693. The van der Waals surface area contributed by atoms with Crippen molar-refractivity contribution in [3.05, 3.63) is 59.9 Å². The van der Waals surface area contributed by atoms with Gasteiger partial charge in [0, 0.05) is 48.3 Å². The van der Waals surface area contributed by atoms with E-state index in [-0.39, 0.29) is 17.9 Å². The molecule has 186 valence electrons. The van der Waals surface area contributed by atoms with Crippen LogP contribution in [0.1, 0.15) is 54.8 Å². The number of aromatic nitrogens is 2. The van der Waals surface area contributed by atoms with E-state index in [0.717, 1.165) is 48.8 Å². The van der Waals surface area contributed by atoms with Crippen molar-refractivity contribution in [3.63, 3.8) is 0 Å². The number of hydrogen-bond donors (Lipinski definition) is 4. The molecule has 5 N–H and O–H groups in total. The standard InChI is InChI=1S/C27H35N5O3/c1-18-17-35-24(21-6-7-25(28)29-15-21)16-32(18)11-10-27(34)9-8-19(13-27)14-30-26(33)23-12-20-4-2-3-5-22(20)31-23/h2-7,12,15,18-19,24,31,34H,8-11,13-14,16-17H2,1H3,(H2,28,29)(H,30,33)/t18-,19?,24+,27?/m0/s1. The lowest BCUT2D eigenvalue weighted by atomic mass is 9.95. The third kappa shape index (κ3) is 5.50. The normalized spacial score (nSPS) is 27.3. The van der Waals surface area contributed by atoms with Gasteiger partial charge >= 0.3 is 0 Å². The molecule has 2 aliphatic rings. The molecule has 1 aromatic carbocycles. The van der Waals surface area contributed by atoms with Crippen molar-refractivity contribution in [2.75, 3.05) is 32.0 Å². The Labute approximate surface area is 205 Å². The maximum atomic E-state index is 12.6. The summed E-state index contributed by atoms with van der Waals surface area (Å²) in [7, 11) is 0. The van der Waals surface area contributed by atoms with Gasteiger partial charge in [0.25, 0.3) is 5.91 Å². The number of nitrogens with two attached hydrogens (primary N) is 1. The number of amides is 1. The summed E-state index contributed by atoms with van der Waals surface area (Å²) in [6.07, 6.45) is 4.87. The number of benzene rings is 1. The highest BCUT2D eigenvalue weighted by molar-refractivity contribution is 5.97. The SMILES string of the molecule is C[C@H]1CO[C@@H](c2ccc(N)nc2)CN1CCC1(O)CCC(CNC(=O)c2cc3ccccc3[nH]2)C1. The van der Waals surface area contributed by atoms with E-state index in [0.29, 0.717) is 37.1 Å². The lowest BCUT2D eigenvalue weighted by Crippen LogP contribution is -2.47. The Kier molecular flexibility index (Phi) is 6.77. The van der Waals surface area contributed by atoms with Gasteiger partial charge in [0.1, 0.15) is 11.5 Å². The molecule has 1 aliphatic heterocycles. The van der Waals surface area contributed by atoms with Gasteiger partial charge in [-0.25, -0.2) is 4.98 Å². The van der Waals surface area contributed by atoms with Crippen molar-refractivity contribution in [1.29, 1.82) is 0 Å². The molecular formula is C27H35N5O3. The first-order valence-electron chi connectivity index (χ1n) is 12.5. The number of carbonyl (C=O) groups is 1. The van der Waals surface area contributed by atoms with Crippen LogP contribution >= 0.6 is 0 Å². The molecule has 5 rings (SSSR count). The fourth-order valence-corrected chi connectivity index (χ4v) is 5.42. The molecule has 2 aromatic heterocycles. The second kappa shape index (κ2) is 9.97. The molecule has 4 atom stereocenters. The number of aromatic amines is 1. The Bertz CT molecular complexity index is 1130. The Hall–Kier alpha value is -2.94. The molecule has 0 bridgehead atoms. The van der Waals surface area contributed by atoms with Crippen LogP contribution in [0.15, 0.2) is 48.7 Å². The largest absolute Gasteiger partial charge is 0.390 e. The molecule has 35 heavy (non-hydrogen) atoms.